The van der Waals surface area contributed by atoms with Crippen molar-refractivity contribution in [3.05, 3.63) is 53.6 Å². The molecular weight excluding hydrogens is 459 g/mol. The lowest BCUT2D eigenvalue weighted by Crippen LogP contribution is -2.54. The molecule has 0 radical (unpaired) electrons. The van der Waals surface area contributed by atoms with E-state index in [1.54, 1.807) is 24.4 Å². The third kappa shape index (κ3) is 5.96. The molecule has 11 nitrogen and oxygen atoms in total. The van der Waals surface area contributed by atoms with Gasteiger partial charge in [0.15, 0.2) is 11.8 Å². The van der Waals surface area contributed by atoms with Crippen LogP contribution < -0.4 is 21.3 Å². The van der Waals surface area contributed by atoms with Crippen molar-refractivity contribution in [1.29, 1.82) is 0 Å². The number of carboxylic acids is 1. The zero-order chi connectivity index (χ0) is 24.9. The Balaban J connectivity index is 1.23. The number of aromatic nitrogens is 1. The van der Waals surface area contributed by atoms with Gasteiger partial charge in [0.2, 0.25) is 0 Å². The molecule has 0 unspecified atom stereocenters. The Labute approximate surface area is 201 Å². The number of benzene rings is 1. The van der Waals surface area contributed by atoms with Crippen LogP contribution in [0.1, 0.15) is 28.9 Å². The van der Waals surface area contributed by atoms with E-state index >= 15 is 0 Å². The third-order valence-electron chi connectivity index (χ3n) is 5.98. The number of carboxylic acid groups (broad SMARTS) is 1. The summed E-state index contributed by atoms with van der Waals surface area (Å²) < 4.78 is 26.0. The summed E-state index contributed by atoms with van der Waals surface area (Å²) in [6.07, 6.45) is 2.39. The van der Waals surface area contributed by atoms with Crippen molar-refractivity contribution < 1.29 is 28.6 Å². The second-order valence-corrected chi connectivity index (χ2v) is 8.40. The van der Waals surface area contributed by atoms with Crippen LogP contribution in [0, 0.1) is 5.82 Å². The summed E-state index contributed by atoms with van der Waals surface area (Å²) in [5.74, 6) is -1.93. The van der Waals surface area contributed by atoms with Crippen molar-refractivity contribution >= 4 is 29.4 Å². The molecule has 35 heavy (non-hydrogen) atoms. The molecule has 12 heteroatoms. The largest absolute Gasteiger partial charge is 0.477 e. The van der Waals surface area contributed by atoms with E-state index in [-0.39, 0.29) is 30.1 Å². The maximum Gasteiger partial charge on any atom is 0.437 e. The number of pyridine rings is 1. The van der Waals surface area contributed by atoms with Crippen molar-refractivity contribution in [2.45, 2.75) is 31.7 Å². The lowest BCUT2D eigenvalue weighted by molar-refractivity contribution is -0.0360. The quantitative estimate of drug-likeness (QED) is 0.389. The molecule has 2 saturated heterocycles. The summed E-state index contributed by atoms with van der Waals surface area (Å²) in [6, 6.07) is 8.18. The summed E-state index contributed by atoms with van der Waals surface area (Å²) in [5, 5.41) is 8.98. The van der Waals surface area contributed by atoms with Gasteiger partial charge in [0.1, 0.15) is 12.3 Å². The number of carbonyl (C=O) groups excluding carboxylic acids is 1. The van der Waals surface area contributed by atoms with Crippen molar-refractivity contribution in [2.75, 3.05) is 36.0 Å². The molecule has 0 aliphatic carbocycles. The number of aliphatic imine (C=N–C) groups is 1. The molecule has 1 amide bonds. The van der Waals surface area contributed by atoms with E-state index in [1.165, 1.54) is 12.1 Å². The van der Waals surface area contributed by atoms with Crippen LogP contribution in [0.15, 0.2) is 41.5 Å². The standard InChI is InChI=1S/C23H27FN6O5/c24-20-14(13-34-23(33)28-22(25)26)2-1-3-19(20)30-11-17(12-30)35-16-6-8-29(9-7-16)15-4-5-18(21(31)32)27-10-15/h1-5,10,16-17H,6-9,11-13H2,(H,31,32)(H4,25,26,28,33). The van der Waals surface area contributed by atoms with Gasteiger partial charge in [0.05, 0.1) is 29.8 Å². The number of nitrogens with two attached hydrogens (primary N) is 2. The Kier molecular flexibility index (Phi) is 7.30. The molecule has 2 aromatic rings. The van der Waals surface area contributed by atoms with Gasteiger partial charge in [-0.05, 0) is 31.0 Å². The molecule has 0 spiro atoms. The molecule has 0 atom stereocenters. The molecular formula is C23H27FN6O5. The Hall–Kier alpha value is -3.93. The molecule has 5 N–H and O–H groups in total. The van der Waals surface area contributed by atoms with Crippen molar-refractivity contribution in [3.63, 3.8) is 0 Å². The van der Waals surface area contributed by atoms with Crippen LogP contribution in [0.3, 0.4) is 0 Å². The van der Waals surface area contributed by atoms with Crippen LogP contribution in [-0.4, -0.2) is 66.5 Å². The first-order valence-corrected chi connectivity index (χ1v) is 11.2. The van der Waals surface area contributed by atoms with Crippen LogP contribution in [0.2, 0.25) is 0 Å². The van der Waals surface area contributed by atoms with Gasteiger partial charge in [0.25, 0.3) is 0 Å². The number of hydrogen-bond acceptors (Lipinski definition) is 7. The highest BCUT2D eigenvalue weighted by atomic mass is 19.1. The predicted octanol–water partition coefficient (Wildman–Crippen LogP) is 1.70. The highest BCUT2D eigenvalue weighted by Gasteiger charge is 2.33. The van der Waals surface area contributed by atoms with Crippen LogP contribution in [0.25, 0.3) is 0 Å². The van der Waals surface area contributed by atoms with Gasteiger partial charge in [-0.15, -0.1) is 4.99 Å². The molecule has 3 heterocycles. The zero-order valence-electron chi connectivity index (χ0n) is 19.0. The van der Waals surface area contributed by atoms with E-state index in [0.29, 0.717) is 18.8 Å². The number of amides is 1. The Bertz CT molecular complexity index is 1090. The van der Waals surface area contributed by atoms with Gasteiger partial charge in [0, 0.05) is 31.7 Å². The second kappa shape index (κ2) is 10.6. The molecule has 0 bridgehead atoms. The number of aromatic carboxylic acids is 1. The van der Waals surface area contributed by atoms with E-state index in [1.807, 2.05) is 4.90 Å². The van der Waals surface area contributed by atoms with E-state index in [0.717, 1.165) is 31.6 Å². The van der Waals surface area contributed by atoms with Crippen molar-refractivity contribution in [3.8, 4) is 0 Å². The maximum absolute atomic E-state index is 14.9. The number of halogens is 1. The van der Waals surface area contributed by atoms with E-state index < -0.39 is 23.8 Å². The fourth-order valence-electron chi connectivity index (χ4n) is 4.14. The molecule has 2 fully saturated rings. The zero-order valence-corrected chi connectivity index (χ0v) is 19.0. The minimum absolute atomic E-state index is 0.00539. The van der Waals surface area contributed by atoms with Gasteiger partial charge in [-0.2, -0.15) is 0 Å². The maximum atomic E-state index is 14.9. The fraction of sp³-hybridized carbons (Fsp3) is 0.391. The van der Waals surface area contributed by atoms with Gasteiger partial charge < -0.3 is 35.8 Å². The highest BCUT2D eigenvalue weighted by Crippen LogP contribution is 2.30. The first-order valence-electron chi connectivity index (χ1n) is 11.2. The number of ether oxygens (including phenoxy) is 2. The van der Waals surface area contributed by atoms with Gasteiger partial charge >= 0.3 is 12.1 Å². The second-order valence-electron chi connectivity index (χ2n) is 8.40. The Morgan fingerprint density at radius 3 is 2.49 bits per heavy atom. The summed E-state index contributed by atoms with van der Waals surface area (Å²) in [6.45, 7) is 2.41. The molecule has 4 rings (SSSR count). The molecule has 0 saturated carbocycles. The third-order valence-corrected chi connectivity index (χ3v) is 5.98. The topological polar surface area (TPSA) is 157 Å². The monoisotopic (exact) mass is 486 g/mol. The summed E-state index contributed by atoms with van der Waals surface area (Å²) in [7, 11) is 0. The number of guanidine groups is 1. The minimum atomic E-state index is -1.05. The first-order chi connectivity index (χ1) is 16.8. The molecule has 186 valence electrons. The molecule has 1 aromatic carbocycles. The summed E-state index contributed by atoms with van der Waals surface area (Å²) in [5.41, 5.74) is 11.8. The smallest absolute Gasteiger partial charge is 0.437 e. The number of rotatable bonds is 7. The van der Waals surface area contributed by atoms with Crippen LogP contribution in [-0.2, 0) is 16.1 Å². The number of nitrogens with zero attached hydrogens (tertiary/aromatic N) is 4. The van der Waals surface area contributed by atoms with Gasteiger partial charge in [-0.1, -0.05) is 12.1 Å². The summed E-state index contributed by atoms with van der Waals surface area (Å²) in [4.78, 5) is 33.7. The lowest BCUT2D eigenvalue weighted by atomic mass is 10.0. The first kappa shape index (κ1) is 24.2. The number of piperidine rings is 1. The summed E-state index contributed by atoms with van der Waals surface area (Å²) >= 11 is 0. The Morgan fingerprint density at radius 1 is 1.11 bits per heavy atom. The van der Waals surface area contributed by atoms with Crippen molar-refractivity contribution in [1.82, 2.24) is 4.98 Å². The lowest BCUT2D eigenvalue weighted by Gasteiger charge is -2.44. The number of carbonyl (C=O) groups is 2. The van der Waals surface area contributed by atoms with Gasteiger partial charge in [-0.3, -0.25) is 0 Å². The molecule has 2 aliphatic rings. The van der Waals surface area contributed by atoms with E-state index in [4.69, 9.17) is 26.0 Å². The SMILES string of the molecule is NC(N)=NC(=O)OCc1cccc(N2CC(OC3CCN(c4ccc(C(=O)O)nc4)CC3)C2)c1F. The molecule has 1 aromatic heterocycles. The Morgan fingerprint density at radius 2 is 1.86 bits per heavy atom. The minimum Gasteiger partial charge on any atom is -0.477 e. The van der Waals surface area contributed by atoms with Crippen LogP contribution >= 0.6 is 0 Å². The van der Waals surface area contributed by atoms with Crippen LogP contribution in [0.5, 0.6) is 0 Å². The molecule has 2 aliphatic heterocycles. The predicted molar refractivity (Wildman–Crippen MR) is 126 cm³/mol. The average molecular weight is 487 g/mol. The van der Waals surface area contributed by atoms with Crippen molar-refractivity contribution in [2.24, 2.45) is 16.5 Å². The van der Waals surface area contributed by atoms with E-state index in [2.05, 4.69) is 14.9 Å². The highest BCUT2D eigenvalue weighted by molar-refractivity contribution is 5.87. The number of hydrogen-bond donors (Lipinski definition) is 3. The fourth-order valence-corrected chi connectivity index (χ4v) is 4.14. The average Bonchev–Trinajstić information content (AvgIpc) is 2.81. The number of anilines is 2. The normalized spacial score (nSPS) is 16.5. The van der Waals surface area contributed by atoms with Gasteiger partial charge in [-0.25, -0.2) is 19.0 Å². The van der Waals surface area contributed by atoms with E-state index in [9.17, 15) is 14.0 Å². The van der Waals surface area contributed by atoms with Crippen LogP contribution in [0.4, 0.5) is 20.6 Å².